The van der Waals surface area contributed by atoms with Crippen LogP contribution >= 0.6 is 11.3 Å². The van der Waals surface area contributed by atoms with E-state index in [2.05, 4.69) is 10.1 Å². The molecule has 2 rings (SSSR count). The normalized spacial score (nSPS) is 10.6. The highest BCUT2D eigenvalue weighted by Crippen LogP contribution is 2.28. The lowest BCUT2D eigenvalue weighted by Crippen LogP contribution is -2.32. The van der Waals surface area contributed by atoms with Crippen LogP contribution in [0.1, 0.15) is 16.3 Å². The number of amides is 2. The lowest BCUT2D eigenvalue weighted by molar-refractivity contribution is -0.137. The minimum atomic E-state index is -1.11. The van der Waals surface area contributed by atoms with Crippen molar-refractivity contribution in [1.82, 2.24) is 10.4 Å². The summed E-state index contributed by atoms with van der Waals surface area (Å²) in [6.45, 7) is 2.27. The summed E-state index contributed by atoms with van der Waals surface area (Å²) in [7, 11) is 1.52. The van der Waals surface area contributed by atoms with Crippen LogP contribution in [0, 0.1) is 6.92 Å². The van der Waals surface area contributed by atoms with Crippen molar-refractivity contribution >= 4 is 29.4 Å². The van der Waals surface area contributed by atoms with E-state index in [1.807, 2.05) is 17.7 Å². The number of hydrogen-bond acceptors (Lipinski definition) is 7. The van der Waals surface area contributed by atoms with Crippen molar-refractivity contribution in [2.45, 2.75) is 13.5 Å². The topological polar surface area (TPSA) is 116 Å². The van der Waals surface area contributed by atoms with E-state index in [1.54, 1.807) is 29.5 Å². The molecule has 1 heterocycles. The summed E-state index contributed by atoms with van der Waals surface area (Å²) in [5, 5.41) is 6.55. The first-order chi connectivity index (χ1) is 11.5. The minimum absolute atomic E-state index is 0.336. The lowest BCUT2D eigenvalue weighted by atomic mass is 10.2. The number of primary amides is 1. The molecule has 0 atom stereocenters. The van der Waals surface area contributed by atoms with Crippen molar-refractivity contribution in [3.63, 3.8) is 0 Å². The first kappa shape index (κ1) is 17.4. The molecule has 24 heavy (non-hydrogen) atoms. The van der Waals surface area contributed by atoms with Crippen LogP contribution in [0.25, 0.3) is 0 Å². The van der Waals surface area contributed by atoms with Gasteiger partial charge in [-0.3, -0.25) is 9.59 Å². The maximum Gasteiger partial charge on any atom is 0.329 e. The smallest absolute Gasteiger partial charge is 0.329 e. The zero-order chi connectivity index (χ0) is 17.5. The second kappa shape index (κ2) is 8.06. The van der Waals surface area contributed by atoms with E-state index in [0.717, 1.165) is 10.7 Å². The maximum absolute atomic E-state index is 11.0. The highest BCUT2D eigenvalue weighted by atomic mass is 32.1. The van der Waals surface area contributed by atoms with Crippen LogP contribution in [0.2, 0.25) is 0 Å². The molecule has 0 saturated carbocycles. The maximum atomic E-state index is 11.0. The summed E-state index contributed by atoms with van der Waals surface area (Å²) in [5.74, 6) is -1.03. The average molecular weight is 348 g/mol. The summed E-state index contributed by atoms with van der Waals surface area (Å²) >= 11 is 1.56. The van der Waals surface area contributed by atoms with Crippen molar-refractivity contribution in [3.8, 4) is 11.5 Å². The number of carbonyl (C=O) groups excluding carboxylic acids is 2. The number of thiazole rings is 1. The molecule has 0 fully saturated rings. The average Bonchev–Trinajstić information content (AvgIpc) is 2.98. The quantitative estimate of drug-likeness (QED) is 0.458. The monoisotopic (exact) mass is 348 g/mol. The number of hydrazone groups is 1. The Morgan fingerprint density at radius 1 is 1.42 bits per heavy atom. The molecule has 3 N–H and O–H groups in total. The molecule has 1 aromatic heterocycles. The van der Waals surface area contributed by atoms with Gasteiger partial charge in [-0.15, -0.1) is 11.3 Å². The predicted octanol–water partition coefficient (Wildman–Crippen LogP) is 0.975. The third kappa shape index (κ3) is 4.78. The molecule has 126 valence electrons. The van der Waals surface area contributed by atoms with E-state index in [-0.39, 0.29) is 0 Å². The number of benzene rings is 1. The number of aryl methyl sites for hydroxylation is 1. The fourth-order valence-electron chi connectivity index (χ4n) is 1.73. The van der Waals surface area contributed by atoms with Crippen molar-refractivity contribution in [2.24, 2.45) is 10.8 Å². The number of nitrogens with two attached hydrogens (primary N) is 1. The van der Waals surface area contributed by atoms with Crippen LogP contribution in [0.15, 0.2) is 28.7 Å². The molecule has 1 aromatic carbocycles. The number of nitrogens with one attached hydrogen (secondary N) is 1. The Morgan fingerprint density at radius 3 is 2.83 bits per heavy atom. The van der Waals surface area contributed by atoms with E-state index < -0.39 is 11.8 Å². The molecule has 2 aromatic rings. The van der Waals surface area contributed by atoms with E-state index in [1.165, 1.54) is 13.3 Å². The summed E-state index contributed by atoms with van der Waals surface area (Å²) in [6, 6.07) is 5.13. The van der Waals surface area contributed by atoms with Gasteiger partial charge in [0.1, 0.15) is 6.61 Å². The Labute approximate surface area is 142 Å². The van der Waals surface area contributed by atoms with Gasteiger partial charge in [-0.05, 0) is 30.7 Å². The molecule has 8 nitrogen and oxygen atoms in total. The lowest BCUT2D eigenvalue weighted by Gasteiger charge is -2.10. The molecule has 0 spiro atoms. The number of aromatic nitrogens is 1. The summed E-state index contributed by atoms with van der Waals surface area (Å²) in [6.07, 6.45) is 1.36. The third-order valence-electron chi connectivity index (χ3n) is 2.83. The van der Waals surface area contributed by atoms with Crippen molar-refractivity contribution in [2.75, 3.05) is 7.11 Å². The van der Waals surface area contributed by atoms with Crippen LogP contribution in [0.3, 0.4) is 0 Å². The largest absolute Gasteiger partial charge is 0.493 e. The van der Waals surface area contributed by atoms with Crippen LogP contribution in [-0.2, 0) is 16.2 Å². The molecule has 0 aliphatic carbocycles. The zero-order valence-electron chi connectivity index (χ0n) is 13.1. The number of methoxy groups -OCH3 is 1. The Kier molecular flexibility index (Phi) is 5.85. The van der Waals surface area contributed by atoms with Gasteiger partial charge in [0.15, 0.2) is 11.5 Å². The zero-order valence-corrected chi connectivity index (χ0v) is 13.9. The van der Waals surface area contributed by atoms with Gasteiger partial charge >= 0.3 is 11.8 Å². The molecular formula is C15H16N4O4S. The van der Waals surface area contributed by atoms with Crippen LogP contribution < -0.4 is 20.6 Å². The SMILES string of the molecule is COc1cc(/C=N\NC(=O)C(N)=O)ccc1OCc1csc(C)n1. The molecule has 9 heteroatoms. The van der Waals surface area contributed by atoms with E-state index in [0.29, 0.717) is 23.7 Å². The Morgan fingerprint density at radius 2 is 2.21 bits per heavy atom. The fourth-order valence-corrected chi connectivity index (χ4v) is 2.33. The minimum Gasteiger partial charge on any atom is -0.493 e. The predicted molar refractivity (Wildman–Crippen MR) is 89.1 cm³/mol. The van der Waals surface area contributed by atoms with Gasteiger partial charge in [-0.25, -0.2) is 10.4 Å². The molecule has 0 radical (unpaired) electrons. The Hall–Kier alpha value is -2.94. The molecule has 2 amide bonds. The van der Waals surface area contributed by atoms with Crippen LogP contribution in [0.5, 0.6) is 11.5 Å². The van der Waals surface area contributed by atoms with Gasteiger partial charge in [0.25, 0.3) is 0 Å². The standard InChI is InChI=1S/C15H16N4O4S/c1-9-18-11(8-24-9)7-23-12-4-3-10(5-13(12)22-2)6-17-19-15(21)14(16)20/h3-6,8H,7H2,1-2H3,(H2,16,20)(H,19,21)/b17-6-. The molecular weight excluding hydrogens is 332 g/mol. The van der Waals surface area contributed by atoms with Gasteiger partial charge < -0.3 is 15.2 Å². The number of hydrogen-bond donors (Lipinski definition) is 2. The molecule has 0 aliphatic heterocycles. The fraction of sp³-hybridized carbons (Fsp3) is 0.200. The Bertz CT molecular complexity index is 773. The molecule has 0 saturated heterocycles. The molecule has 0 aliphatic rings. The van der Waals surface area contributed by atoms with Gasteiger partial charge in [-0.1, -0.05) is 0 Å². The van der Waals surface area contributed by atoms with Crippen LogP contribution in [0.4, 0.5) is 0 Å². The van der Waals surface area contributed by atoms with Crippen molar-refractivity contribution < 1.29 is 19.1 Å². The van der Waals surface area contributed by atoms with Crippen molar-refractivity contribution in [1.29, 1.82) is 0 Å². The molecule has 0 unspecified atom stereocenters. The molecule has 0 bridgehead atoms. The second-order valence-corrected chi connectivity index (χ2v) is 5.68. The summed E-state index contributed by atoms with van der Waals surface area (Å²) in [5.41, 5.74) is 8.30. The van der Waals surface area contributed by atoms with Gasteiger partial charge in [0, 0.05) is 5.38 Å². The van der Waals surface area contributed by atoms with E-state index >= 15 is 0 Å². The summed E-state index contributed by atoms with van der Waals surface area (Å²) in [4.78, 5) is 25.9. The second-order valence-electron chi connectivity index (χ2n) is 4.62. The highest BCUT2D eigenvalue weighted by Gasteiger charge is 2.08. The van der Waals surface area contributed by atoms with Gasteiger partial charge in [0.05, 0.1) is 24.0 Å². The number of rotatable bonds is 6. The van der Waals surface area contributed by atoms with E-state index in [4.69, 9.17) is 15.2 Å². The number of carbonyl (C=O) groups is 2. The summed E-state index contributed by atoms with van der Waals surface area (Å²) < 4.78 is 11.0. The number of ether oxygens (including phenoxy) is 2. The van der Waals surface area contributed by atoms with E-state index in [9.17, 15) is 9.59 Å². The van der Waals surface area contributed by atoms with Crippen LogP contribution in [-0.4, -0.2) is 30.1 Å². The van der Waals surface area contributed by atoms with Gasteiger partial charge in [0.2, 0.25) is 0 Å². The number of nitrogens with zero attached hydrogens (tertiary/aromatic N) is 2. The van der Waals surface area contributed by atoms with Gasteiger partial charge in [-0.2, -0.15) is 5.10 Å². The third-order valence-corrected chi connectivity index (χ3v) is 3.66. The first-order valence-corrected chi connectivity index (χ1v) is 7.72. The van der Waals surface area contributed by atoms with Crippen molar-refractivity contribution in [3.05, 3.63) is 39.8 Å². The first-order valence-electron chi connectivity index (χ1n) is 6.84. The Balaban J connectivity index is 2.02. The highest BCUT2D eigenvalue weighted by molar-refractivity contribution is 7.09.